The molecule has 1 aromatic heterocycles. The van der Waals surface area contributed by atoms with Crippen LogP contribution in [0.3, 0.4) is 0 Å². The number of aryl methyl sites for hydroxylation is 1. The van der Waals surface area contributed by atoms with Crippen LogP contribution in [-0.2, 0) is 0 Å². The van der Waals surface area contributed by atoms with Crippen LogP contribution in [0.4, 0.5) is 12.9 Å². The molecule has 12 heavy (non-hydrogen) atoms. The topological polar surface area (TPSA) is 12.9 Å². The quantitative estimate of drug-likeness (QED) is 0.499. The first kappa shape index (κ1) is 12.6. The molecule has 6 heteroatoms. The summed E-state index contributed by atoms with van der Waals surface area (Å²) in [6, 6.07) is 0.995. The smallest absolute Gasteiger partial charge is 0.445 e. The van der Waals surface area contributed by atoms with Gasteiger partial charge in [0.05, 0.1) is 0 Å². The molecule has 0 bridgehead atoms. The van der Waals surface area contributed by atoms with Gasteiger partial charge in [-0.15, -0.1) is 5.46 Å². The molecule has 1 heterocycles. The van der Waals surface area contributed by atoms with E-state index >= 15 is 0 Å². The van der Waals surface area contributed by atoms with Crippen molar-refractivity contribution in [3.8, 4) is 0 Å². The summed E-state index contributed by atoms with van der Waals surface area (Å²) >= 11 is 0. The zero-order valence-corrected chi connectivity index (χ0v) is 10.0. The predicted molar refractivity (Wildman–Crippen MR) is 37.7 cm³/mol. The average Bonchev–Trinajstić information content (AvgIpc) is 1.86. The maximum Gasteiger partial charge on any atom is 1.00 e. The van der Waals surface area contributed by atoms with E-state index in [9.17, 15) is 12.9 Å². The van der Waals surface area contributed by atoms with Gasteiger partial charge < -0.3 is 12.9 Å². The minimum Gasteiger partial charge on any atom is -0.445 e. The molecule has 0 unspecified atom stereocenters. The van der Waals surface area contributed by atoms with Gasteiger partial charge in [0.15, 0.2) is 0 Å². The normalized spacial score (nSPS) is 10.7. The SMILES string of the molecule is Cc1cnccc1[B-](F)(F)F.[K+]. The fourth-order valence-electron chi connectivity index (χ4n) is 0.851. The number of rotatable bonds is 1. The summed E-state index contributed by atoms with van der Waals surface area (Å²) in [6.45, 7) is -3.47. The Balaban J connectivity index is 0.00000121. The number of pyridine rings is 1. The zero-order chi connectivity index (χ0) is 8.48. The van der Waals surface area contributed by atoms with E-state index < -0.39 is 12.4 Å². The van der Waals surface area contributed by atoms with E-state index in [2.05, 4.69) is 4.98 Å². The van der Waals surface area contributed by atoms with Crippen molar-refractivity contribution >= 4 is 12.4 Å². The third-order valence-corrected chi connectivity index (χ3v) is 1.42. The van der Waals surface area contributed by atoms with E-state index in [-0.39, 0.29) is 56.9 Å². The molecule has 0 atom stereocenters. The molecule has 0 spiro atoms. The summed E-state index contributed by atoms with van der Waals surface area (Å²) in [5, 5.41) is 0. The van der Waals surface area contributed by atoms with E-state index in [0.29, 0.717) is 0 Å². The molecule has 0 aromatic carbocycles. The molecule has 1 rings (SSSR count). The Morgan fingerprint density at radius 3 is 2.25 bits per heavy atom. The number of aromatic nitrogens is 1. The number of hydrogen-bond donors (Lipinski definition) is 0. The molecule has 0 aliphatic carbocycles. The van der Waals surface area contributed by atoms with E-state index in [0.717, 1.165) is 12.3 Å². The van der Waals surface area contributed by atoms with Crippen LogP contribution < -0.4 is 56.8 Å². The Labute approximate surface area is 111 Å². The van der Waals surface area contributed by atoms with Crippen LogP contribution in [0.25, 0.3) is 0 Å². The van der Waals surface area contributed by atoms with E-state index in [1.54, 1.807) is 0 Å². The molecule has 0 radical (unpaired) electrons. The number of nitrogens with zero attached hydrogens (tertiary/aromatic N) is 1. The van der Waals surface area contributed by atoms with Gasteiger partial charge in [-0.25, -0.2) is 0 Å². The Hall–Kier alpha value is 0.641. The summed E-state index contributed by atoms with van der Waals surface area (Å²) in [4.78, 5) is 3.57. The minimum atomic E-state index is -4.87. The van der Waals surface area contributed by atoms with Crippen molar-refractivity contribution in [2.75, 3.05) is 0 Å². The molecule has 0 N–H and O–H groups in total. The molecule has 0 saturated heterocycles. The standard InChI is InChI=1S/C6H6BF3N.K/c1-5-4-11-3-2-6(5)7(8,9)10;/h2-4H,1H3;/q-1;+1. The molecule has 0 amide bonds. The minimum absolute atomic E-state index is 0. The van der Waals surface area contributed by atoms with Gasteiger partial charge in [0.2, 0.25) is 0 Å². The summed E-state index contributed by atoms with van der Waals surface area (Å²) in [6.07, 6.45) is 2.36. The molecular weight excluding hydrogens is 193 g/mol. The number of hydrogen-bond acceptors (Lipinski definition) is 1. The van der Waals surface area contributed by atoms with Crippen molar-refractivity contribution in [2.24, 2.45) is 0 Å². The van der Waals surface area contributed by atoms with Gasteiger partial charge in [0, 0.05) is 12.4 Å². The summed E-state index contributed by atoms with van der Waals surface area (Å²) < 4.78 is 36.3. The second kappa shape index (κ2) is 4.76. The summed E-state index contributed by atoms with van der Waals surface area (Å²) in [7, 11) is 0. The molecule has 0 saturated carbocycles. The van der Waals surface area contributed by atoms with Gasteiger partial charge in [0.25, 0.3) is 0 Å². The van der Waals surface area contributed by atoms with Crippen molar-refractivity contribution < 1.29 is 64.3 Å². The van der Waals surface area contributed by atoms with Crippen LogP contribution in [0.2, 0.25) is 0 Å². The van der Waals surface area contributed by atoms with Crippen LogP contribution >= 0.6 is 0 Å². The zero-order valence-electron chi connectivity index (χ0n) is 6.89. The Kier molecular flexibility index (Phi) is 5.01. The third-order valence-electron chi connectivity index (χ3n) is 1.42. The van der Waals surface area contributed by atoms with Crippen LogP contribution in [-0.4, -0.2) is 12.0 Å². The van der Waals surface area contributed by atoms with Crippen LogP contribution in [0.1, 0.15) is 5.56 Å². The van der Waals surface area contributed by atoms with Gasteiger partial charge >= 0.3 is 58.4 Å². The molecule has 1 aromatic rings. The predicted octanol–water partition coefficient (Wildman–Crippen LogP) is -1.55. The molecule has 1 nitrogen and oxygen atoms in total. The largest absolute Gasteiger partial charge is 1.00 e. The number of halogens is 3. The maximum atomic E-state index is 12.1. The van der Waals surface area contributed by atoms with E-state index in [4.69, 9.17) is 0 Å². The van der Waals surface area contributed by atoms with Crippen molar-refractivity contribution in [3.63, 3.8) is 0 Å². The Morgan fingerprint density at radius 1 is 1.33 bits per heavy atom. The fraction of sp³-hybridized carbons (Fsp3) is 0.167. The Bertz CT molecular complexity index is 263. The van der Waals surface area contributed by atoms with Gasteiger partial charge in [-0.3, -0.25) is 4.98 Å². The molecular formula is C6H6BF3KN. The molecule has 0 aliphatic heterocycles. The van der Waals surface area contributed by atoms with Crippen LogP contribution in [0.15, 0.2) is 18.5 Å². The van der Waals surface area contributed by atoms with E-state index in [1.165, 1.54) is 13.1 Å². The van der Waals surface area contributed by atoms with Crippen LogP contribution in [0, 0.1) is 6.92 Å². The van der Waals surface area contributed by atoms with Crippen molar-refractivity contribution in [1.82, 2.24) is 4.98 Å². The second-order valence-electron chi connectivity index (χ2n) is 2.31. The molecule has 0 fully saturated rings. The average molecular weight is 199 g/mol. The van der Waals surface area contributed by atoms with Gasteiger partial charge in [0.1, 0.15) is 0 Å². The monoisotopic (exact) mass is 199 g/mol. The first-order chi connectivity index (χ1) is 5.02. The van der Waals surface area contributed by atoms with Crippen molar-refractivity contribution in [1.29, 1.82) is 0 Å². The van der Waals surface area contributed by atoms with Crippen molar-refractivity contribution in [2.45, 2.75) is 6.92 Å². The Morgan fingerprint density at radius 2 is 1.92 bits per heavy atom. The maximum absolute atomic E-state index is 12.1. The van der Waals surface area contributed by atoms with Gasteiger partial charge in [-0.1, -0.05) is 11.6 Å². The first-order valence-electron chi connectivity index (χ1n) is 3.12. The van der Waals surface area contributed by atoms with Gasteiger partial charge in [-0.2, -0.15) is 0 Å². The molecule has 60 valence electrons. The summed E-state index contributed by atoms with van der Waals surface area (Å²) in [5.41, 5.74) is -0.375. The van der Waals surface area contributed by atoms with Gasteiger partial charge in [-0.05, 0) is 6.92 Å². The third kappa shape index (κ3) is 3.18. The van der Waals surface area contributed by atoms with E-state index in [1.807, 2.05) is 0 Å². The second-order valence-corrected chi connectivity index (χ2v) is 2.31. The first-order valence-corrected chi connectivity index (χ1v) is 3.12. The summed E-state index contributed by atoms with van der Waals surface area (Å²) in [5.74, 6) is 0. The van der Waals surface area contributed by atoms with Crippen LogP contribution in [0.5, 0.6) is 0 Å². The van der Waals surface area contributed by atoms with Crippen molar-refractivity contribution in [3.05, 3.63) is 24.0 Å². The fourth-order valence-corrected chi connectivity index (χ4v) is 0.851. The molecule has 0 aliphatic rings.